The van der Waals surface area contributed by atoms with Crippen LogP contribution in [0, 0.1) is 10.1 Å². The van der Waals surface area contributed by atoms with Crippen LogP contribution in [0.25, 0.3) is 0 Å². The molecule has 3 rings (SSSR count). The molecule has 1 N–H and O–H groups in total. The summed E-state index contributed by atoms with van der Waals surface area (Å²) in [6.07, 6.45) is 7.29. The van der Waals surface area contributed by atoms with Gasteiger partial charge in [-0.25, -0.2) is 0 Å². The van der Waals surface area contributed by atoms with Gasteiger partial charge in [-0.1, -0.05) is 0 Å². The minimum absolute atomic E-state index is 0.136. The number of nitrogens with one attached hydrogen (secondary N) is 1. The zero-order valence-electron chi connectivity index (χ0n) is 11.5. The fourth-order valence-corrected chi connectivity index (χ4v) is 2.66. The number of nitrogens with zero attached hydrogens (tertiary/aromatic N) is 1. The summed E-state index contributed by atoms with van der Waals surface area (Å²) in [7, 11) is 0. The molecule has 0 heterocycles. The topological polar surface area (TPSA) is 64.4 Å². The first kappa shape index (κ1) is 13.4. The number of hydrogen-bond donors (Lipinski definition) is 1. The number of nitro benzene ring substituents is 1. The molecule has 2 saturated carbocycles. The second-order valence-electron chi connectivity index (χ2n) is 5.73. The number of rotatable bonds is 6. The molecule has 2 aliphatic rings. The lowest BCUT2D eigenvalue weighted by atomic mass is 10.1. The van der Waals surface area contributed by atoms with Crippen LogP contribution < -0.4 is 10.1 Å². The predicted molar refractivity (Wildman–Crippen MR) is 75.8 cm³/mol. The van der Waals surface area contributed by atoms with Crippen molar-refractivity contribution in [2.45, 2.75) is 57.2 Å². The Morgan fingerprint density at radius 2 is 2.00 bits per heavy atom. The summed E-state index contributed by atoms with van der Waals surface area (Å²) in [6, 6.07) is 5.50. The lowest BCUT2D eigenvalue weighted by Gasteiger charge is -2.16. The summed E-state index contributed by atoms with van der Waals surface area (Å²) in [5.41, 5.74) is 1.04. The second-order valence-corrected chi connectivity index (χ2v) is 5.73. The van der Waals surface area contributed by atoms with Crippen molar-refractivity contribution in [3.8, 4) is 5.75 Å². The molecular weight excluding hydrogens is 256 g/mol. The van der Waals surface area contributed by atoms with E-state index in [-0.39, 0.29) is 16.7 Å². The third-order valence-corrected chi connectivity index (χ3v) is 4.01. The van der Waals surface area contributed by atoms with Crippen LogP contribution in [0.15, 0.2) is 18.2 Å². The highest BCUT2D eigenvalue weighted by Gasteiger charge is 2.23. The van der Waals surface area contributed by atoms with E-state index >= 15 is 0 Å². The molecule has 0 atom stereocenters. The van der Waals surface area contributed by atoms with E-state index in [1.54, 1.807) is 12.1 Å². The third-order valence-electron chi connectivity index (χ3n) is 4.01. The van der Waals surface area contributed by atoms with Crippen molar-refractivity contribution in [2.75, 3.05) is 0 Å². The molecule has 0 unspecified atom stereocenters. The number of nitro groups is 1. The molecule has 0 aromatic heterocycles. The standard InChI is InChI=1S/C15H20N2O3/c18-17(19)13-7-8-15(20-14-3-1-2-4-14)11(9-13)10-16-12-5-6-12/h7-9,12,14,16H,1-6,10H2. The van der Waals surface area contributed by atoms with Crippen molar-refractivity contribution in [1.29, 1.82) is 0 Å². The molecule has 20 heavy (non-hydrogen) atoms. The van der Waals surface area contributed by atoms with E-state index in [2.05, 4.69) is 5.32 Å². The van der Waals surface area contributed by atoms with E-state index in [0.29, 0.717) is 12.6 Å². The minimum atomic E-state index is -0.347. The molecule has 5 heteroatoms. The van der Waals surface area contributed by atoms with Gasteiger partial charge in [-0.05, 0) is 44.6 Å². The Kier molecular flexibility index (Phi) is 3.87. The third kappa shape index (κ3) is 3.28. The Morgan fingerprint density at radius 3 is 2.65 bits per heavy atom. The van der Waals surface area contributed by atoms with Gasteiger partial charge in [0.15, 0.2) is 0 Å². The highest BCUT2D eigenvalue weighted by Crippen LogP contribution is 2.30. The number of benzene rings is 1. The molecule has 0 spiro atoms. The summed E-state index contributed by atoms with van der Waals surface area (Å²) in [4.78, 5) is 10.6. The molecule has 0 radical (unpaired) electrons. The van der Waals surface area contributed by atoms with Gasteiger partial charge in [0.25, 0.3) is 5.69 Å². The van der Waals surface area contributed by atoms with Crippen LogP contribution in [0.2, 0.25) is 0 Å². The molecular formula is C15H20N2O3. The predicted octanol–water partition coefficient (Wildman–Crippen LogP) is 3.17. The van der Waals surface area contributed by atoms with E-state index in [1.807, 2.05) is 0 Å². The average molecular weight is 276 g/mol. The van der Waals surface area contributed by atoms with Crippen LogP contribution in [0.3, 0.4) is 0 Å². The minimum Gasteiger partial charge on any atom is -0.490 e. The van der Waals surface area contributed by atoms with Gasteiger partial charge in [-0.2, -0.15) is 0 Å². The van der Waals surface area contributed by atoms with Gasteiger partial charge in [0.05, 0.1) is 11.0 Å². The monoisotopic (exact) mass is 276 g/mol. The van der Waals surface area contributed by atoms with E-state index in [9.17, 15) is 10.1 Å². The molecule has 1 aromatic rings. The average Bonchev–Trinajstić information content (AvgIpc) is 3.13. The highest BCUT2D eigenvalue weighted by atomic mass is 16.6. The van der Waals surface area contributed by atoms with Crippen LogP contribution in [-0.2, 0) is 6.54 Å². The van der Waals surface area contributed by atoms with E-state index < -0.39 is 0 Å². The highest BCUT2D eigenvalue weighted by molar-refractivity contribution is 5.44. The van der Waals surface area contributed by atoms with Gasteiger partial charge in [0.2, 0.25) is 0 Å². The van der Waals surface area contributed by atoms with Gasteiger partial charge < -0.3 is 10.1 Å². The van der Waals surface area contributed by atoms with Crippen LogP contribution in [0.5, 0.6) is 5.75 Å². The Balaban J connectivity index is 1.75. The van der Waals surface area contributed by atoms with Gasteiger partial charge in [0, 0.05) is 30.3 Å². The van der Waals surface area contributed by atoms with Crippen LogP contribution in [0.4, 0.5) is 5.69 Å². The molecule has 2 aliphatic carbocycles. The van der Waals surface area contributed by atoms with Crippen molar-refractivity contribution >= 4 is 5.69 Å². The molecule has 0 saturated heterocycles. The Bertz CT molecular complexity index is 494. The summed E-state index contributed by atoms with van der Waals surface area (Å²) in [5, 5.41) is 14.3. The second kappa shape index (κ2) is 5.79. The van der Waals surface area contributed by atoms with Crippen LogP contribution >= 0.6 is 0 Å². The molecule has 0 amide bonds. The molecule has 0 bridgehead atoms. The zero-order valence-corrected chi connectivity index (χ0v) is 11.5. The summed E-state index contributed by atoms with van der Waals surface area (Å²) < 4.78 is 6.03. The Labute approximate surface area is 118 Å². The smallest absolute Gasteiger partial charge is 0.270 e. The molecule has 2 fully saturated rings. The first-order valence-electron chi connectivity index (χ1n) is 7.40. The van der Waals surface area contributed by atoms with Crippen molar-refractivity contribution in [1.82, 2.24) is 5.32 Å². The Hall–Kier alpha value is -1.62. The summed E-state index contributed by atoms with van der Waals surface area (Å²) in [5.74, 6) is 0.802. The SMILES string of the molecule is O=[N+]([O-])c1ccc(OC2CCCC2)c(CNC2CC2)c1. The Morgan fingerprint density at radius 1 is 1.25 bits per heavy atom. The lowest BCUT2D eigenvalue weighted by molar-refractivity contribution is -0.384. The van der Waals surface area contributed by atoms with Crippen LogP contribution in [0.1, 0.15) is 44.1 Å². The molecule has 5 nitrogen and oxygen atoms in total. The van der Waals surface area contributed by atoms with Gasteiger partial charge >= 0.3 is 0 Å². The van der Waals surface area contributed by atoms with Crippen molar-refractivity contribution in [3.63, 3.8) is 0 Å². The number of hydrogen-bond acceptors (Lipinski definition) is 4. The largest absolute Gasteiger partial charge is 0.490 e. The van der Waals surface area contributed by atoms with Crippen LogP contribution in [-0.4, -0.2) is 17.1 Å². The molecule has 0 aliphatic heterocycles. The maximum Gasteiger partial charge on any atom is 0.270 e. The summed E-state index contributed by atoms with van der Waals surface area (Å²) in [6.45, 7) is 0.647. The maximum absolute atomic E-state index is 10.9. The fourth-order valence-electron chi connectivity index (χ4n) is 2.66. The fraction of sp³-hybridized carbons (Fsp3) is 0.600. The normalized spacial score (nSPS) is 19.2. The molecule has 1 aromatic carbocycles. The maximum atomic E-state index is 10.9. The number of non-ortho nitro benzene ring substituents is 1. The van der Waals surface area contributed by atoms with Gasteiger partial charge in [-0.15, -0.1) is 0 Å². The zero-order chi connectivity index (χ0) is 13.9. The van der Waals surface area contributed by atoms with E-state index in [4.69, 9.17) is 4.74 Å². The summed E-state index contributed by atoms with van der Waals surface area (Å²) >= 11 is 0. The first-order valence-corrected chi connectivity index (χ1v) is 7.40. The first-order chi connectivity index (χ1) is 9.72. The van der Waals surface area contributed by atoms with Crippen molar-refractivity contribution in [2.24, 2.45) is 0 Å². The lowest BCUT2D eigenvalue weighted by Crippen LogP contribution is -2.18. The number of ether oxygens (including phenoxy) is 1. The van der Waals surface area contributed by atoms with Gasteiger partial charge in [0.1, 0.15) is 5.75 Å². The van der Waals surface area contributed by atoms with E-state index in [0.717, 1.165) is 24.2 Å². The van der Waals surface area contributed by atoms with Crippen molar-refractivity contribution < 1.29 is 9.66 Å². The van der Waals surface area contributed by atoms with E-state index in [1.165, 1.54) is 31.7 Å². The quantitative estimate of drug-likeness (QED) is 0.640. The van der Waals surface area contributed by atoms with Gasteiger partial charge in [-0.3, -0.25) is 10.1 Å². The molecule has 108 valence electrons. The van der Waals surface area contributed by atoms with Crippen molar-refractivity contribution in [3.05, 3.63) is 33.9 Å².